The molecule has 4 nitrogen and oxygen atoms in total. The standard InChI is InChI=1S/C7H12O4S/c1-7(2)4-10-6(8)5(7)11-12(3)9/h5H,4H2,1-3H3/t5-,12?/m0/s1. The summed E-state index contributed by atoms with van der Waals surface area (Å²) in [7, 11) is 0. The molecule has 1 unspecified atom stereocenters. The molecule has 0 aliphatic carbocycles. The Morgan fingerprint density at radius 3 is 2.58 bits per heavy atom. The average molecular weight is 192 g/mol. The highest BCUT2D eigenvalue weighted by Gasteiger charge is 2.45. The Balaban J connectivity index is 2.71. The van der Waals surface area contributed by atoms with Crippen LogP contribution in [-0.2, 0) is 24.8 Å². The highest BCUT2D eigenvalue weighted by atomic mass is 32.2. The van der Waals surface area contributed by atoms with Crippen LogP contribution >= 0.6 is 0 Å². The van der Waals surface area contributed by atoms with Gasteiger partial charge in [-0.3, -0.25) is 4.18 Å². The summed E-state index contributed by atoms with van der Waals surface area (Å²) in [5.41, 5.74) is -0.372. The van der Waals surface area contributed by atoms with Gasteiger partial charge in [0.1, 0.15) is 0 Å². The highest BCUT2D eigenvalue weighted by molar-refractivity contribution is 7.79. The van der Waals surface area contributed by atoms with E-state index in [1.54, 1.807) is 0 Å². The van der Waals surface area contributed by atoms with Crippen LogP contribution in [0.1, 0.15) is 13.8 Å². The van der Waals surface area contributed by atoms with Gasteiger partial charge < -0.3 is 4.74 Å². The molecular weight excluding hydrogens is 180 g/mol. The molecular formula is C7H12O4S. The number of hydrogen-bond acceptors (Lipinski definition) is 4. The molecule has 0 spiro atoms. The molecule has 0 aromatic heterocycles. The van der Waals surface area contributed by atoms with Crippen LogP contribution in [0, 0.1) is 5.41 Å². The minimum absolute atomic E-state index is 0.327. The minimum Gasteiger partial charge on any atom is -0.463 e. The van der Waals surface area contributed by atoms with Crippen LogP contribution in [0.25, 0.3) is 0 Å². The molecule has 70 valence electrons. The van der Waals surface area contributed by atoms with Crippen LogP contribution in [-0.4, -0.2) is 29.1 Å². The van der Waals surface area contributed by atoms with Crippen LogP contribution in [0.5, 0.6) is 0 Å². The molecule has 1 heterocycles. The van der Waals surface area contributed by atoms with Gasteiger partial charge in [0.05, 0.1) is 6.61 Å². The summed E-state index contributed by atoms with van der Waals surface area (Å²) in [6.45, 7) is 4.01. The summed E-state index contributed by atoms with van der Waals surface area (Å²) in [5, 5.41) is 0. The topological polar surface area (TPSA) is 52.6 Å². The van der Waals surface area contributed by atoms with Crippen molar-refractivity contribution in [2.24, 2.45) is 5.41 Å². The fraction of sp³-hybridized carbons (Fsp3) is 0.857. The molecule has 0 N–H and O–H groups in total. The van der Waals surface area contributed by atoms with E-state index in [1.807, 2.05) is 13.8 Å². The Morgan fingerprint density at radius 2 is 2.25 bits per heavy atom. The maximum absolute atomic E-state index is 11.0. The number of carbonyl (C=O) groups excluding carboxylic acids is 1. The molecule has 1 aliphatic heterocycles. The third-order valence-corrected chi connectivity index (χ3v) is 2.21. The Morgan fingerprint density at radius 1 is 1.67 bits per heavy atom. The van der Waals surface area contributed by atoms with E-state index in [2.05, 4.69) is 0 Å². The summed E-state index contributed by atoms with van der Waals surface area (Å²) >= 11 is -1.42. The first-order valence-corrected chi connectivity index (χ1v) is 5.09. The van der Waals surface area contributed by atoms with E-state index in [-0.39, 0.29) is 5.41 Å². The third-order valence-electron chi connectivity index (χ3n) is 1.74. The van der Waals surface area contributed by atoms with Crippen molar-refractivity contribution >= 4 is 17.0 Å². The lowest BCUT2D eigenvalue weighted by atomic mass is 9.90. The van der Waals surface area contributed by atoms with Gasteiger partial charge in [-0.15, -0.1) is 0 Å². The van der Waals surface area contributed by atoms with Gasteiger partial charge in [-0.2, -0.15) is 0 Å². The summed E-state index contributed by atoms with van der Waals surface area (Å²) in [4.78, 5) is 11.0. The second-order valence-electron chi connectivity index (χ2n) is 3.47. The second kappa shape index (κ2) is 3.14. The Bertz CT molecular complexity index is 223. The van der Waals surface area contributed by atoms with E-state index < -0.39 is 23.2 Å². The van der Waals surface area contributed by atoms with E-state index in [0.717, 1.165) is 0 Å². The van der Waals surface area contributed by atoms with Gasteiger partial charge >= 0.3 is 5.97 Å². The molecule has 0 saturated carbocycles. The summed E-state index contributed by atoms with van der Waals surface area (Å²) in [6, 6.07) is 0. The van der Waals surface area contributed by atoms with E-state index in [0.29, 0.717) is 6.61 Å². The van der Waals surface area contributed by atoms with Gasteiger partial charge in [-0.05, 0) is 0 Å². The van der Waals surface area contributed by atoms with Gasteiger partial charge in [0.15, 0.2) is 17.2 Å². The largest absolute Gasteiger partial charge is 0.463 e. The number of carbonyl (C=O) groups is 1. The Labute approximate surface area is 73.9 Å². The van der Waals surface area contributed by atoms with E-state index in [9.17, 15) is 9.00 Å². The Kier molecular flexibility index (Phi) is 2.53. The van der Waals surface area contributed by atoms with E-state index >= 15 is 0 Å². The molecule has 5 heteroatoms. The predicted octanol–water partition coefficient (Wildman–Crippen LogP) is 0.248. The lowest BCUT2D eigenvalue weighted by Crippen LogP contribution is -2.33. The molecule has 0 aromatic rings. The van der Waals surface area contributed by atoms with Gasteiger partial charge in [0, 0.05) is 11.7 Å². The zero-order valence-electron chi connectivity index (χ0n) is 7.33. The van der Waals surface area contributed by atoms with Crippen molar-refractivity contribution in [3.8, 4) is 0 Å². The first kappa shape index (κ1) is 9.67. The van der Waals surface area contributed by atoms with E-state index in [1.165, 1.54) is 6.26 Å². The molecule has 1 saturated heterocycles. The number of ether oxygens (including phenoxy) is 1. The third kappa shape index (κ3) is 1.84. The summed E-state index contributed by atoms with van der Waals surface area (Å²) in [6.07, 6.45) is 0.699. The first-order chi connectivity index (χ1) is 5.43. The number of hydrogen-bond donors (Lipinski definition) is 0. The van der Waals surface area contributed by atoms with Gasteiger partial charge in [-0.25, -0.2) is 9.00 Å². The average Bonchev–Trinajstić information content (AvgIpc) is 2.15. The fourth-order valence-electron chi connectivity index (χ4n) is 1.03. The molecule has 1 aliphatic rings. The molecule has 1 fully saturated rings. The summed E-state index contributed by atoms with van der Waals surface area (Å²) in [5.74, 6) is -0.421. The lowest BCUT2D eigenvalue weighted by Gasteiger charge is -2.19. The van der Waals surface area contributed by atoms with Crippen molar-refractivity contribution in [2.45, 2.75) is 20.0 Å². The van der Waals surface area contributed by atoms with Crippen LogP contribution in [0.3, 0.4) is 0 Å². The van der Waals surface area contributed by atoms with Crippen molar-refractivity contribution in [1.82, 2.24) is 0 Å². The van der Waals surface area contributed by atoms with Gasteiger partial charge in [0.2, 0.25) is 0 Å². The number of esters is 1. The molecule has 0 bridgehead atoms. The van der Waals surface area contributed by atoms with Gasteiger partial charge in [-0.1, -0.05) is 13.8 Å². The molecule has 0 aromatic carbocycles. The zero-order chi connectivity index (χ0) is 9.35. The van der Waals surface area contributed by atoms with Crippen molar-refractivity contribution in [3.63, 3.8) is 0 Å². The number of rotatable bonds is 2. The second-order valence-corrected chi connectivity index (χ2v) is 4.47. The van der Waals surface area contributed by atoms with Crippen molar-refractivity contribution < 1.29 is 17.9 Å². The van der Waals surface area contributed by atoms with Crippen LogP contribution < -0.4 is 0 Å². The first-order valence-electron chi connectivity index (χ1n) is 3.61. The quantitative estimate of drug-likeness (QED) is 0.588. The fourth-order valence-corrected chi connectivity index (χ4v) is 1.64. The molecule has 0 amide bonds. The van der Waals surface area contributed by atoms with E-state index in [4.69, 9.17) is 8.92 Å². The van der Waals surface area contributed by atoms with Gasteiger partial charge in [0.25, 0.3) is 0 Å². The van der Waals surface area contributed by atoms with Crippen LogP contribution in [0.15, 0.2) is 0 Å². The minimum atomic E-state index is -1.42. The molecule has 0 radical (unpaired) electrons. The smallest absolute Gasteiger partial charge is 0.337 e. The van der Waals surface area contributed by atoms with Crippen molar-refractivity contribution in [2.75, 3.05) is 12.9 Å². The SMILES string of the molecule is CS(=O)O[C@H]1C(=O)OCC1(C)C. The van der Waals surface area contributed by atoms with Crippen molar-refractivity contribution in [3.05, 3.63) is 0 Å². The number of cyclic esters (lactones) is 1. The van der Waals surface area contributed by atoms with Crippen LogP contribution in [0.4, 0.5) is 0 Å². The maximum Gasteiger partial charge on any atom is 0.337 e. The van der Waals surface area contributed by atoms with Crippen molar-refractivity contribution in [1.29, 1.82) is 0 Å². The maximum atomic E-state index is 11.0. The molecule has 1 rings (SSSR count). The monoisotopic (exact) mass is 192 g/mol. The Hall–Kier alpha value is -0.420. The molecule has 12 heavy (non-hydrogen) atoms. The summed E-state index contributed by atoms with van der Waals surface area (Å²) < 4.78 is 20.4. The normalized spacial score (nSPS) is 29.9. The zero-order valence-corrected chi connectivity index (χ0v) is 8.14. The highest BCUT2D eigenvalue weighted by Crippen LogP contribution is 2.31. The van der Waals surface area contributed by atoms with Crippen LogP contribution in [0.2, 0.25) is 0 Å². The molecule has 2 atom stereocenters. The lowest BCUT2D eigenvalue weighted by molar-refractivity contribution is -0.143. The predicted molar refractivity (Wildman–Crippen MR) is 43.7 cm³/mol.